The van der Waals surface area contributed by atoms with E-state index in [0.717, 1.165) is 12.0 Å². The van der Waals surface area contributed by atoms with Gasteiger partial charge in [0.2, 0.25) is 0 Å². The Morgan fingerprint density at radius 1 is 1.00 bits per heavy atom. The first-order valence-corrected chi connectivity index (χ1v) is 5.53. The van der Waals surface area contributed by atoms with E-state index >= 15 is 0 Å². The molecule has 2 aliphatic carbocycles. The van der Waals surface area contributed by atoms with Gasteiger partial charge in [-0.25, -0.2) is 0 Å². The highest BCUT2D eigenvalue weighted by molar-refractivity contribution is 6.39. The van der Waals surface area contributed by atoms with Crippen molar-refractivity contribution in [1.82, 2.24) is 0 Å². The van der Waals surface area contributed by atoms with Gasteiger partial charge < -0.3 is 0 Å². The molecular formula is C15H10O2. The molecular weight excluding hydrogens is 212 g/mol. The minimum atomic E-state index is -0.154. The standard InChI is InChI=1S/C15H10O2/c16-14-11-7-3-4-8-12(11)15(17)13(14)9-10-5-1-2-6-10/h1-5,7-9H,6H2. The van der Waals surface area contributed by atoms with Crippen LogP contribution in [0.2, 0.25) is 0 Å². The van der Waals surface area contributed by atoms with E-state index in [1.54, 1.807) is 30.3 Å². The summed E-state index contributed by atoms with van der Waals surface area (Å²) in [5.41, 5.74) is 2.35. The Kier molecular flexibility index (Phi) is 2.15. The minimum absolute atomic E-state index is 0.154. The number of fused-ring (bicyclic) bond motifs is 1. The van der Waals surface area contributed by atoms with Gasteiger partial charge in [-0.2, -0.15) is 0 Å². The van der Waals surface area contributed by atoms with Crippen LogP contribution in [0.1, 0.15) is 27.1 Å². The Morgan fingerprint density at radius 3 is 2.18 bits per heavy atom. The summed E-state index contributed by atoms with van der Waals surface area (Å²) < 4.78 is 0. The quantitative estimate of drug-likeness (QED) is 0.541. The smallest absolute Gasteiger partial charge is 0.197 e. The highest BCUT2D eigenvalue weighted by atomic mass is 16.2. The van der Waals surface area contributed by atoms with Crippen molar-refractivity contribution in [2.24, 2.45) is 0 Å². The largest absolute Gasteiger partial charge is 0.288 e. The number of carbonyl (C=O) groups is 2. The van der Waals surface area contributed by atoms with Crippen LogP contribution in [0.15, 0.2) is 59.7 Å². The number of Topliss-reactive ketones (excluding diaryl/α,β-unsaturated/α-hetero) is 2. The molecule has 0 radical (unpaired) electrons. The summed E-state index contributed by atoms with van der Waals surface area (Å²) in [4.78, 5) is 24.1. The Bertz CT molecular complexity index is 579. The van der Waals surface area contributed by atoms with Crippen LogP contribution in [-0.4, -0.2) is 11.6 Å². The van der Waals surface area contributed by atoms with Crippen molar-refractivity contribution in [3.8, 4) is 0 Å². The average molecular weight is 222 g/mol. The third kappa shape index (κ3) is 1.49. The van der Waals surface area contributed by atoms with Gasteiger partial charge in [-0.15, -0.1) is 0 Å². The van der Waals surface area contributed by atoms with Crippen LogP contribution in [0.3, 0.4) is 0 Å². The number of hydrogen-bond acceptors (Lipinski definition) is 2. The number of carbonyl (C=O) groups excluding carboxylic acids is 2. The third-order valence-electron chi connectivity index (χ3n) is 3.04. The molecule has 0 fully saturated rings. The van der Waals surface area contributed by atoms with Gasteiger partial charge in [-0.05, 0) is 18.1 Å². The maximum absolute atomic E-state index is 12.1. The van der Waals surface area contributed by atoms with Crippen LogP contribution in [0.25, 0.3) is 0 Å². The van der Waals surface area contributed by atoms with E-state index in [1.807, 2.05) is 18.2 Å². The van der Waals surface area contributed by atoms with E-state index in [9.17, 15) is 9.59 Å². The Labute approximate surface area is 99.0 Å². The van der Waals surface area contributed by atoms with Crippen molar-refractivity contribution in [2.45, 2.75) is 6.42 Å². The van der Waals surface area contributed by atoms with E-state index in [0.29, 0.717) is 16.7 Å². The number of allylic oxidation sites excluding steroid dienone is 6. The van der Waals surface area contributed by atoms with Gasteiger partial charge in [0.05, 0.1) is 5.57 Å². The molecule has 2 nitrogen and oxygen atoms in total. The second-order valence-electron chi connectivity index (χ2n) is 4.14. The highest BCUT2D eigenvalue weighted by Gasteiger charge is 2.32. The molecule has 0 aromatic heterocycles. The zero-order valence-electron chi connectivity index (χ0n) is 9.14. The minimum Gasteiger partial charge on any atom is -0.288 e. The highest BCUT2D eigenvalue weighted by Crippen LogP contribution is 2.28. The molecule has 0 spiro atoms. The van der Waals surface area contributed by atoms with Crippen molar-refractivity contribution in [3.63, 3.8) is 0 Å². The molecule has 82 valence electrons. The molecule has 1 aromatic rings. The van der Waals surface area contributed by atoms with Crippen molar-refractivity contribution in [3.05, 3.63) is 70.8 Å². The second kappa shape index (κ2) is 3.67. The Balaban J connectivity index is 2.06. The van der Waals surface area contributed by atoms with E-state index in [-0.39, 0.29) is 11.6 Å². The topological polar surface area (TPSA) is 34.1 Å². The lowest BCUT2D eigenvalue weighted by Crippen LogP contribution is -2.00. The van der Waals surface area contributed by atoms with Crippen LogP contribution < -0.4 is 0 Å². The van der Waals surface area contributed by atoms with E-state index < -0.39 is 0 Å². The first kappa shape index (κ1) is 9.97. The van der Waals surface area contributed by atoms with Gasteiger partial charge in [0.15, 0.2) is 11.6 Å². The molecule has 0 saturated carbocycles. The number of rotatable bonds is 1. The molecule has 0 saturated heterocycles. The molecule has 0 atom stereocenters. The lowest BCUT2D eigenvalue weighted by molar-refractivity contribution is 0.0988. The van der Waals surface area contributed by atoms with Crippen LogP contribution >= 0.6 is 0 Å². The van der Waals surface area contributed by atoms with Gasteiger partial charge in [-0.1, -0.05) is 42.5 Å². The molecule has 17 heavy (non-hydrogen) atoms. The lowest BCUT2D eigenvalue weighted by atomic mass is 10.1. The van der Waals surface area contributed by atoms with Gasteiger partial charge in [0.1, 0.15) is 0 Å². The van der Waals surface area contributed by atoms with Crippen molar-refractivity contribution >= 4 is 11.6 Å². The number of benzene rings is 1. The van der Waals surface area contributed by atoms with E-state index in [2.05, 4.69) is 0 Å². The zero-order chi connectivity index (χ0) is 11.8. The Morgan fingerprint density at radius 2 is 1.65 bits per heavy atom. The molecule has 0 aliphatic heterocycles. The molecule has 0 heterocycles. The monoisotopic (exact) mass is 222 g/mol. The predicted octanol–water partition coefficient (Wildman–Crippen LogP) is 2.88. The summed E-state index contributed by atoms with van der Waals surface area (Å²) in [6.07, 6.45) is 8.37. The summed E-state index contributed by atoms with van der Waals surface area (Å²) in [6.45, 7) is 0. The van der Waals surface area contributed by atoms with Gasteiger partial charge >= 0.3 is 0 Å². The zero-order valence-corrected chi connectivity index (χ0v) is 9.14. The summed E-state index contributed by atoms with van der Waals surface area (Å²) in [5.74, 6) is -0.309. The van der Waals surface area contributed by atoms with Gasteiger partial charge in [0, 0.05) is 11.1 Å². The first-order chi connectivity index (χ1) is 8.27. The first-order valence-electron chi connectivity index (χ1n) is 5.53. The summed E-state index contributed by atoms with van der Waals surface area (Å²) in [7, 11) is 0. The molecule has 0 amide bonds. The molecule has 2 heteroatoms. The number of hydrogen-bond donors (Lipinski definition) is 0. The summed E-state index contributed by atoms with van der Waals surface area (Å²) in [6, 6.07) is 6.97. The molecule has 0 unspecified atom stereocenters. The Hall–Kier alpha value is -2.22. The molecule has 1 aromatic carbocycles. The van der Waals surface area contributed by atoms with Gasteiger partial charge in [0.25, 0.3) is 0 Å². The maximum atomic E-state index is 12.1. The second-order valence-corrected chi connectivity index (χ2v) is 4.14. The molecule has 0 bridgehead atoms. The fourth-order valence-corrected chi connectivity index (χ4v) is 2.16. The fourth-order valence-electron chi connectivity index (χ4n) is 2.16. The van der Waals surface area contributed by atoms with Gasteiger partial charge in [-0.3, -0.25) is 9.59 Å². The van der Waals surface area contributed by atoms with E-state index in [1.165, 1.54) is 0 Å². The van der Waals surface area contributed by atoms with E-state index in [4.69, 9.17) is 0 Å². The fraction of sp³-hybridized carbons (Fsp3) is 0.0667. The van der Waals surface area contributed by atoms with Crippen LogP contribution in [0, 0.1) is 0 Å². The van der Waals surface area contributed by atoms with Crippen LogP contribution in [0.5, 0.6) is 0 Å². The normalized spacial score (nSPS) is 17.4. The third-order valence-corrected chi connectivity index (χ3v) is 3.04. The van der Waals surface area contributed by atoms with Crippen LogP contribution in [0.4, 0.5) is 0 Å². The summed E-state index contributed by atoms with van der Waals surface area (Å²) in [5, 5.41) is 0. The SMILES string of the molecule is O=C1C(=CC2=CC=CC2)C(=O)c2ccccc21. The molecule has 3 rings (SSSR count). The van der Waals surface area contributed by atoms with Crippen molar-refractivity contribution < 1.29 is 9.59 Å². The summed E-state index contributed by atoms with van der Waals surface area (Å²) >= 11 is 0. The van der Waals surface area contributed by atoms with Crippen molar-refractivity contribution in [1.29, 1.82) is 0 Å². The molecule has 2 aliphatic rings. The average Bonchev–Trinajstić information content (AvgIpc) is 2.94. The number of ketones is 2. The predicted molar refractivity (Wildman–Crippen MR) is 65.0 cm³/mol. The molecule has 0 N–H and O–H groups in total. The lowest BCUT2D eigenvalue weighted by Gasteiger charge is -1.95. The van der Waals surface area contributed by atoms with Crippen molar-refractivity contribution in [2.75, 3.05) is 0 Å². The van der Waals surface area contributed by atoms with Crippen LogP contribution in [-0.2, 0) is 0 Å². The maximum Gasteiger partial charge on any atom is 0.197 e.